The molecule has 4 rings (SSSR count). The molecule has 0 spiro atoms. The normalized spacial score (nSPS) is 18.2. The van der Waals surface area contributed by atoms with Gasteiger partial charge in [0.15, 0.2) is 23.1 Å². The molecular formula is C28H29F3O2. The molecule has 1 aliphatic carbocycles. The molecular weight excluding hydrogens is 425 g/mol. The highest BCUT2D eigenvalue weighted by Crippen LogP contribution is 2.38. The Labute approximate surface area is 193 Å². The summed E-state index contributed by atoms with van der Waals surface area (Å²) in [6.45, 7) is 4.54. The summed E-state index contributed by atoms with van der Waals surface area (Å²) in [5.41, 5.74) is 2.90. The summed E-state index contributed by atoms with van der Waals surface area (Å²) < 4.78 is 54.5. The molecule has 0 bridgehead atoms. The highest BCUT2D eigenvalue weighted by Gasteiger charge is 2.24. The van der Waals surface area contributed by atoms with Crippen LogP contribution in [0.15, 0.2) is 54.6 Å². The molecule has 0 amide bonds. The fourth-order valence-electron chi connectivity index (χ4n) is 4.51. The molecule has 0 saturated heterocycles. The van der Waals surface area contributed by atoms with E-state index < -0.39 is 11.6 Å². The van der Waals surface area contributed by atoms with Crippen molar-refractivity contribution in [1.82, 2.24) is 0 Å². The predicted molar refractivity (Wildman–Crippen MR) is 124 cm³/mol. The van der Waals surface area contributed by atoms with Crippen molar-refractivity contribution in [2.45, 2.75) is 45.4 Å². The molecule has 174 valence electrons. The Hall–Kier alpha value is -2.95. The van der Waals surface area contributed by atoms with Gasteiger partial charge in [0.1, 0.15) is 0 Å². The lowest BCUT2D eigenvalue weighted by Crippen LogP contribution is -2.19. The number of benzene rings is 3. The van der Waals surface area contributed by atoms with E-state index in [2.05, 4.69) is 0 Å². The number of halogens is 3. The lowest BCUT2D eigenvalue weighted by atomic mass is 9.79. The predicted octanol–water partition coefficient (Wildman–Crippen LogP) is 7.83. The fourth-order valence-corrected chi connectivity index (χ4v) is 4.51. The molecule has 1 fully saturated rings. The third-order valence-electron chi connectivity index (χ3n) is 6.46. The van der Waals surface area contributed by atoms with E-state index in [1.807, 2.05) is 32.0 Å². The lowest BCUT2D eigenvalue weighted by Gasteiger charge is -2.29. The second-order valence-electron chi connectivity index (χ2n) is 8.76. The summed E-state index contributed by atoms with van der Waals surface area (Å²) in [6.07, 6.45) is 3.60. The standard InChI is InChI=1S/C28H29F3O2/c1-3-32-25-14-12-22(16-24(25)29)20-10-6-19(7-11-20)17-33-26-15-13-23(27(30)28(26)31)21-8-4-18(2)5-9-21/h4-5,8-9,12-16,19-20H,3,6-7,10-11,17H2,1-2H3. The number of hydrogen-bond donors (Lipinski definition) is 0. The van der Waals surface area contributed by atoms with E-state index in [0.29, 0.717) is 18.8 Å². The number of ether oxygens (including phenoxy) is 2. The molecule has 0 atom stereocenters. The number of rotatable bonds is 7. The highest BCUT2D eigenvalue weighted by atomic mass is 19.2. The van der Waals surface area contributed by atoms with Crippen molar-refractivity contribution < 1.29 is 22.6 Å². The molecule has 1 saturated carbocycles. The summed E-state index contributed by atoms with van der Waals surface area (Å²) in [5, 5.41) is 0. The van der Waals surface area contributed by atoms with E-state index in [4.69, 9.17) is 9.47 Å². The first-order chi connectivity index (χ1) is 16.0. The zero-order valence-electron chi connectivity index (χ0n) is 19.0. The quantitative estimate of drug-likeness (QED) is 0.362. The maximum Gasteiger partial charge on any atom is 0.201 e. The third kappa shape index (κ3) is 5.35. The average molecular weight is 455 g/mol. The summed E-state index contributed by atoms with van der Waals surface area (Å²) in [5.74, 6) is -1.40. The minimum Gasteiger partial charge on any atom is -0.491 e. The van der Waals surface area contributed by atoms with Crippen molar-refractivity contribution in [3.8, 4) is 22.6 Å². The second kappa shape index (κ2) is 10.3. The molecule has 5 heteroatoms. The molecule has 0 N–H and O–H groups in total. The van der Waals surface area contributed by atoms with Gasteiger partial charge in [0, 0.05) is 5.56 Å². The second-order valence-corrected chi connectivity index (χ2v) is 8.76. The van der Waals surface area contributed by atoms with E-state index in [0.717, 1.165) is 36.8 Å². The molecule has 3 aromatic rings. The van der Waals surface area contributed by atoms with Crippen LogP contribution in [0.25, 0.3) is 11.1 Å². The van der Waals surface area contributed by atoms with Crippen LogP contribution in [0.4, 0.5) is 13.2 Å². The first-order valence-electron chi connectivity index (χ1n) is 11.6. The van der Waals surface area contributed by atoms with Gasteiger partial charge in [-0.25, -0.2) is 8.78 Å². The van der Waals surface area contributed by atoms with Crippen molar-refractivity contribution in [1.29, 1.82) is 0 Å². The fraction of sp³-hybridized carbons (Fsp3) is 0.357. The zero-order valence-corrected chi connectivity index (χ0v) is 19.0. The van der Waals surface area contributed by atoms with E-state index >= 15 is 0 Å². The lowest BCUT2D eigenvalue weighted by molar-refractivity contribution is 0.192. The third-order valence-corrected chi connectivity index (χ3v) is 6.46. The first-order valence-corrected chi connectivity index (χ1v) is 11.6. The topological polar surface area (TPSA) is 18.5 Å². The van der Waals surface area contributed by atoms with Crippen LogP contribution in [-0.2, 0) is 0 Å². The SMILES string of the molecule is CCOc1ccc(C2CCC(COc3ccc(-c4ccc(C)cc4)c(F)c3F)CC2)cc1F. The molecule has 2 nitrogen and oxygen atoms in total. The van der Waals surface area contributed by atoms with Gasteiger partial charge in [0.25, 0.3) is 0 Å². The van der Waals surface area contributed by atoms with Gasteiger partial charge in [-0.15, -0.1) is 0 Å². The van der Waals surface area contributed by atoms with E-state index in [9.17, 15) is 13.2 Å². The zero-order chi connectivity index (χ0) is 23.4. The van der Waals surface area contributed by atoms with Crippen LogP contribution in [0.1, 0.15) is 49.7 Å². The summed E-state index contributed by atoms with van der Waals surface area (Å²) >= 11 is 0. The highest BCUT2D eigenvalue weighted by molar-refractivity contribution is 5.65. The van der Waals surface area contributed by atoms with E-state index in [1.165, 1.54) is 6.07 Å². The van der Waals surface area contributed by atoms with Gasteiger partial charge in [-0.2, -0.15) is 4.39 Å². The maximum atomic E-state index is 14.7. The average Bonchev–Trinajstić information content (AvgIpc) is 2.82. The Morgan fingerprint density at radius 2 is 1.48 bits per heavy atom. The summed E-state index contributed by atoms with van der Waals surface area (Å²) in [7, 11) is 0. The van der Waals surface area contributed by atoms with Crippen LogP contribution in [0, 0.1) is 30.3 Å². The van der Waals surface area contributed by atoms with E-state index in [1.54, 1.807) is 30.3 Å². The summed E-state index contributed by atoms with van der Waals surface area (Å²) in [4.78, 5) is 0. The molecule has 0 aliphatic heterocycles. The molecule has 33 heavy (non-hydrogen) atoms. The van der Waals surface area contributed by atoms with Crippen molar-refractivity contribution in [2.75, 3.05) is 13.2 Å². The van der Waals surface area contributed by atoms with Gasteiger partial charge in [-0.05, 0) is 86.8 Å². The maximum absolute atomic E-state index is 14.7. The van der Waals surface area contributed by atoms with Crippen LogP contribution in [-0.4, -0.2) is 13.2 Å². The van der Waals surface area contributed by atoms with Crippen molar-refractivity contribution >= 4 is 0 Å². The van der Waals surface area contributed by atoms with Gasteiger partial charge in [0.05, 0.1) is 13.2 Å². The minimum absolute atomic E-state index is 0.0564. The first kappa shape index (κ1) is 23.2. The van der Waals surface area contributed by atoms with Gasteiger partial charge in [0.2, 0.25) is 5.82 Å². The Balaban J connectivity index is 1.34. The van der Waals surface area contributed by atoms with Crippen LogP contribution < -0.4 is 9.47 Å². The van der Waals surface area contributed by atoms with Gasteiger partial charge in [-0.1, -0.05) is 35.9 Å². The van der Waals surface area contributed by atoms with Crippen molar-refractivity contribution in [3.63, 3.8) is 0 Å². The van der Waals surface area contributed by atoms with Gasteiger partial charge >= 0.3 is 0 Å². The Morgan fingerprint density at radius 1 is 0.788 bits per heavy atom. The molecule has 0 aromatic heterocycles. The molecule has 0 heterocycles. The molecule has 3 aromatic carbocycles. The van der Waals surface area contributed by atoms with Crippen LogP contribution >= 0.6 is 0 Å². The Kier molecular flexibility index (Phi) is 7.26. The number of hydrogen-bond acceptors (Lipinski definition) is 2. The molecule has 1 aliphatic rings. The Bertz CT molecular complexity index is 1090. The van der Waals surface area contributed by atoms with Crippen molar-refractivity contribution in [2.24, 2.45) is 5.92 Å². The van der Waals surface area contributed by atoms with Crippen LogP contribution in [0.2, 0.25) is 0 Å². The van der Waals surface area contributed by atoms with Crippen molar-refractivity contribution in [3.05, 3.63) is 83.2 Å². The largest absolute Gasteiger partial charge is 0.491 e. The smallest absolute Gasteiger partial charge is 0.201 e. The Morgan fingerprint density at radius 3 is 2.15 bits per heavy atom. The van der Waals surface area contributed by atoms with E-state index in [-0.39, 0.29) is 34.7 Å². The van der Waals surface area contributed by atoms with Gasteiger partial charge in [-0.3, -0.25) is 0 Å². The van der Waals surface area contributed by atoms with Crippen LogP contribution in [0.5, 0.6) is 11.5 Å². The van der Waals surface area contributed by atoms with Gasteiger partial charge < -0.3 is 9.47 Å². The summed E-state index contributed by atoms with van der Waals surface area (Å²) in [6, 6.07) is 15.6. The van der Waals surface area contributed by atoms with Crippen LogP contribution in [0.3, 0.4) is 0 Å². The minimum atomic E-state index is -0.952. The molecule has 0 radical (unpaired) electrons. The molecule has 0 unspecified atom stereocenters. The number of aryl methyl sites for hydroxylation is 1. The monoisotopic (exact) mass is 454 g/mol.